The average Bonchev–Trinajstić information content (AvgIpc) is 2.69. The Bertz CT molecular complexity index is 1180. The summed E-state index contributed by atoms with van der Waals surface area (Å²) < 4.78 is 89.8. The molecule has 1 N–H and O–H groups in total. The van der Waals surface area contributed by atoms with Crippen LogP contribution in [0.5, 0.6) is 5.75 Å². The molecular formula is C17H15ClF3N3O5S2. The second kappa shape index (κ2) is 9.66. The molecule has 0 aliphatic rings. The number of alkyl halides is 3. The number of rotatable bonds is 8. The van der Waals surface area contributed by atoms with Crippen LogP contribution in [0.4, 0.5) is 13.2 Å². The van der Waals surface area contributed by atoms with Crippen LogP contribution in [0.1, 0.15) is 18.1 Å². The quantitative estimate of drug-likeness (QED) is 0.197. The van der Waals surface area contributed by atoms with Gasteiger partial charge < -0.3 is 4.18 Å². The van der Waals surface area contributed by atoms with Crippen LogP contribution in [-0.4, -0.2) is 40.1 Å². The summed E-state index contributed by atoms with van der Waals surface area (Å²) >= 11 is 5.87. The van der Waals surface area contributed by atoms with Crippen molar-refractivity contribution in [1.82, 2.24) is 5.43 Å². The Morgan fingerprint density at radius 1 is 1.03 bits per heavy atom. The molecule has 0 fully saturated rings. The minimum atomic E-state index is -5.81. The fourth-order valence-corrected chi connectivity index (χ4v) is 2.96. The van der Waals surface area contributed by atoms with Gasteiger partial charge in [-0.25, -0.2) is 8.42 Å². The smallest absolute Gasteiger partial charge is 0.376 e. The SMILES string of the molecule is CCS(=O)(=O)N=CNN=C(c1ccc(Cl)cc1)c1ccc(OS(=O)(=O)C(F)(F)F)cc1. The molecule has 14 heteroatoms. The zero-order valence-electron chi connectivity index (χ0n) is 15.7. The largest absolute Gasteiger partial charge is 0.534 e. The number of hydrogen-bond donors (Lipinski definition) is 1. The Morgan fingerprint density at radius 3 is 2.03 bits per heavy atom. The zero-order chi connectivity index (χ0) is 23.3. The van der Waals surface area contributed by atoms with Gasteiger partial charge in [-0.2, -0.15) is 31.1 Å². The van der Waals surface area contributed by atoms with Crippen molar-refractivity contribution < 1.29 is 34.2 Å². The van der Waals surface area contributed by atoms with E-state index < -0.39 is 31.4 Å². The van der Waals surface area contributed by atoms with Crippen LogP contribution in [0.25, 0.3) is 0 Å². The van der Waals surface area contributed by atoms with Gasteiger partial charge >= 0.3 is 15.6 Å². The Labute approximate surface area is 181 Å². The Balaban J connectivity index is 2.36. The number of nitrogens with zero attached hydrogens (tertiary/aromatic N) is 2. The van der Waals surface area contributed by atoms with E-state index in [1.165, 1.54) is 19.1 Å². The van der Waals surface area contributed by atoms with Gasteiger partial charge in [0.1, 0.15) is 12.1 Å². The van der Waals surface area contributed by atoms with E-state index in [2.05, 4.69) is 19.1 Å². The van der Waals surface area contributed by atoms with E-state index in [1.54, 1.807) is 24.3 Å². The molecule has 0 saturated carbocycles. The van der Waals surface area contributed by atoms with Crippen LogP contribution in [0.3, 0.4) is 0 Å². The van der Waals surface area contributed by atoms with Gasteiger partial charge in [-0.3, -0.25) is 5.43 Å². The summed E-state index contributed by atoms with van der Waals surface area (Å²) in [6, 6.07) is 10.9. The van der Waals surface area contributed by atoms with E-state index >= 15 is 0 Å². The molecule has 2 aromatic carbocycles. The molecule has 0 spiro atoms. The molecule has 0 heterocycles. The third-order valence-corrected chi connectivity index (χ3v) is 5.93. The van der Waals surface area contributed by atoms with Gasteiger partial charge in [0.15, 0.2) is 0 Å². The van der Waals surface area contributed by atoms with E-state index in [0.717, 1.165) is 18.5 Å². The summed E-state index contributed by atoms with van der Waals surface area (Å²) in [7, 11) is -9.44. The molecule has 0 saturated heterocycles. The number of benzene rings is 2. The van der Waals surface area contributed by atoms with E-state index in [9.17, 15) is 30.0 Å². The minimum Gasteiger partial charge on any atom is -0.376 e. The van der Waals surface area contributed by atoms with Crippen molar-refractivity contribution in [2.75, 3.05) is 5.75 Å². The molecule has 2 rings (SSSR count). The highest BCUT2D eigenvalue weighted by molar-refractivity contribution is 7.90. The Hall–Kier alpha value is -2.64. The first-order valence-corrected chi connectivity index (χ1v) is 11.7. The number of sulfonamides is 1. The maximum Gasteiger partial charge on any atom is 0.534 e. The predicted octanol–water partition coefficient (Wildman–Crippen LogP) is 3.29. The van der Waals surface area contributed by atoms with Crippen molar-refractivity contribution >= 4 is 43.8 Å². The monoisotopic (exact) mass is 497 g/mol. The lowest BCUT2D eigenvalue weighted by molar-refractivity contribution is -0.0500. The highest BCUT2D eigenvalue weighted by atomic mass is 35.5. The van der Waals surface area contributed by atoms with Crippen LogP contribution >= 0.6 is 11.6 Å². The van der Waals surface area contributed by atoms with Crippen molar-refractivity contribution in [3.63, 3.8) is 0 Å². The van der Waals surface area contributed by atoms with Crippen molar-refractivity contribution in [3.05, 3.63) is 64.7 Å². The lowest BCUT2D eigenvalue weighted by Crippen LogP contribution is -2.28. The summed E-state index contributed by atoms with van der Waals surface area (Å²) in [6.45, 7) is 1.41. The number of hydrazone groups is 1. The normalized spacial score (nSPS) is 13.4. The van der Waals surface area contributed by atoms with Crippen LogP contribution < -0.4 is 9.61 Å². The van der Waals surface area contributed by atoms with Crippen molar-refractivity contribution in [3.8, 4) is 5.75 Å². The number of halogens is 4. The summed E-state index contributed by atoms with van der Waals surface area (Å²) in [6.07, 6.45) is 0.863. The average molecular weight is 498 g/mol. The summed E-state index contributed by atoms with van der Waals surface area (Å²) in [5, 5.41) is 4.48. The molecule has 0 atom stereocenters. The molecule has 168 valence electrons. The molecular weight excluding hydrogens is 483 g/mol. The molecule has 8 nitrogen and oxygen atoms in total. The molecule has 0 unspecified atom stereocenters. The van der Waals surface area contributed by atoms with Gasteiger partial charge in [0.2, 0.25) is 0 Å². The van der Waals surface area contributed by atoms with Crippen molar-refractivity contribution in [2.24, 2.45) is 9.50 Å². The molecule has 0 radical (unpaired) electrons. The van der Waals surface area contributed by atoms with Gasteiger partial charge in [-0.1, -0.05) is 23.7 Å². The van der Waals surface area contributed by atoms with E-state index in [1.807, 2.05) is 0 Å². The second-order valence-electron chi connectivity index (χ2n) is 5.71. The first-order chi connectivity index (χ1) is 14.3. The molecule has 0 aromatic heterocycles. The van der Waals surface area contributed by atoms with Gasteiger partial charge in [0.25, 0.3) is 10.0 Å². The highest BCUT2D eigenvalue weighted by Crippen LogP contribution is 2.27. The Kier molecular flexibility index (Phi) is 7.68. The highest BCUT2D eigenvalue weighted by Gasteiger charge is 2.48. The van der Waals surface area contributed by atoms with Gasteiger partial charge in [0, 0.05) is 16.1 Å². The topological polar surface area (TPSA) is 114 Å². The molecule has 0 bridgehead atoms. The van der Waals surface area contributed by atoms with E-state index in [-0.39, 0.29) is 11.5 Å². The minimum absolute atomic E-state index is 0.207. The van der Waals surface area contributed by atoms with Crippen LogP contribution in [0.2, 0.25) is 5.02 Å². The predicted molar refractivity (Wildman–Crippen MR) is 110 cm³/mol. The van der Waals surface area contributed by atoms with E-state index in [4.69, 9.17) is 11.6 Å². The number of nitrogens with one attached hydrogen (secondary N) is 1. The van der Waals surface area contributed by atoms with Gasteiger partial charge in [-0.15, -0.1) is 0 Å². The van der Waals surface area contributed by atoms with Gasteiger partial charge in [-0.05, 0) is 43.3 Å². The Morgan fingerprint density at radius 2 is 1.55 bits per heavy atom. The summed E-state index contributed by atoms with van der Waals surface area (Å²) in [5.74, 6) is -0.763. The second-order valence-corrected chi connectivity index (χ2v) is 9.64. The molecule has 0 aliphatic carbocycles. The van der Waals surface area contributed by atoms with Crippen molar-refractivity contribution in [1.29, 1.82) is 0 Å². The third kappa shape index (κ3) is 6.94. The van der Waals surface area contributed by atoms with Crippen LogP contribution in [0.15, 0.2) is 58.0 Å². The standard InChI is InChI=1S/C17H15ClF3N3O5S2/c1-2-30(25,26)23-11-22-24-16(12-3-7-14(18)8-4-12)13-5-9-15(10-6-13)29-31(27,28)17(19,20)21/h3-11H,2H2,1H3,(H,22,23). The maximum atomic E-state index is 12.5. The molecule has 31 heavy (non-hydrogen) atoms. The van der Waals surface area contributed by atoms with Gasteiger partial charge in [0.05, 0.1) is 11.5 Å². The number of hydrogen-bond acceptors (Lipinski definition) is 6. The molecule has 0 amide bonds. The maximum absolute atomic E-state index is 12.5. The van der Waals surface area contributed by atoms with Crippen molar-refractivity contribution in [2.45, 2.75) is 12.4 Å². The van der Waals surface area contributed by atoms with Crippen LogP contribution in [-0.2, 0) is 20.1 Å². The van der Waals surface area contributed by atoms with Crippen LogP contribution in [0, 0.1) is 0 Å². The lowest BCUT2D eigenvalue weighted by atomic mass is 10.0. The first kappa shape index (κ1) is 24.6. The summed E-state index contributed by atoms with van der Waals surface area (Å²) in [4.78, 5) is 0. The van der Waals surface area contributed by atoms with E-state index in [0.29, 0.717) is 16.1 Å². The zero-order valence-corrected chi connectivity index (χ0v) is 18.1. The fraction of sp³-hybridized carbons (Fsp3) is 0.176. The first-order valence-electron chi connectivity index (χ1n) is 8.31. The molecule has 2 aromatic rings. The fourth-order valence-electron chi connectivity index (χ4n) is 2.02. The third-order valence-electron chi connectivity index (χ3n) is 3.55. The molecule has 0 aliphatic heterocycles. The lowest BCUT2D eigenvalue weighted by Gasteiger charge is -2.11. The summed E-state index contributed by atoms with van der Waals surface area (Å²) in [5.41, 5.74) is -2.10.